The average Bonchev–Trinajstić information content (AvgIpc) is 3.13. The van der Waals surface area contributed by atoms with Crippen molar-refractivity contribution in [2.45, 2.75) is 122 Å². The molecule has 0 heteroatoms. The second kappa shape index (κ2) is 37.3. The summed E-state index contributed by atoms with van der Waals surface area (Å²) in [6, 6.07) is 52.2. The number of hydrogen-bond donors (Lipinski definition) is 0. The van der Waals surface area contributed by atoms with Crippen LogP contribution in [0.25, 0.3) is 44.5 Å². The minimum Gasteiger partial charge on any atom is -0.103 e. The van der Waals surface area contributed by atoms with E-state index in [2.05, 4.69) is 213 Å². The fourth-order valence-electron chi connectivity index (χ4n) is 5.56. The summed E-state index contributed by atoms with van der Waals surface area (Å²) in [4.78, 5) is 0. The van der Waals surface area contributed by atoms with Crippen molar-refractivity contribution in [3.05, 3.63) is 216 Å². The summed E-state index contributed by atoms with van der Waals surface area (Å²) in [5.74, 6) is 0. The van der Waals surface area contributed by atoms with E-state index < -0.39 is 0 Å². The zero-order valence-corrected chi connectivity index (χ0v) is 32.6. The zero-order chi connectivity index (χ0) is 37.9. The third kappa shape index (κ3) is 24.8. The molecule has 0 saturated carbocycles. The maximum atomic E-state index is 3.60. The highest BCUT2D eigenvalue weighted by Gasteiger charge is 2.03. The molecule has 6 aromatic rings. The number of hydrogen-bond acceptors (Lipinski definition) is 0. The van der Waals surface area contributed by atoms with E-state index in [1.165, 1.54) is 77.9 Å². The van der Waals surface area contributed by atoms with Gasteiger partial charge in [-0.15, -0.1) is 6.58 Å². The summed E-state index contributed by atoms with van der Waals surface area (Å²) in [7, 11) is 0. The minimum atomic E-state index is 0. The van der Waals surface area contributed by atoms with Crippen molar-refractivity contribution in [2.75, 3.05) is 0 Å². The first-order chi connectivity index (χ1) is 25.0. The van der Waals surface area contributed by atoms with Crippen LogP contribution in [0.15, 0.2) is 194 Å². The molecule has 61 heavy (non-hydrogen) atoms. The summed E-state index contributed by atoms with van der Waals surface area (Å²) < 4.78 is 0. The van der Waals surface area contributed by atoms with Crippen LogP contribution in [0.5, 0.6) is 0 Å². The largest absolute Gasteiger partial charge is 0.103 e. The van der Waals surface area contributed by atoms with E-state index in [1.807, 2.05) is 13.0 Å². The molecular weight excluding hydrogens is 733 g/mol. The normalized spacial score (nSPS) is 8.69. The van der Waals surface area contributed by atoms with Gasteiger partial charge in [-0.2, -0.15) is 0 Å². The lowest BCUT2D eigenvalue weighted by molar-refractivity contribution is 1.35. The van der Waals surface area contributed by atoms with Gasteiger partial charge in [-0.1, -0.05) is 271 Å². The number of rotatable bonds is 6. The molecular formula is C61H92. The molecule has 0 aliphatic carbocycles. The third-order valence-corrected chi connectivity index (χ3v) is 8.12. The molecule has 0 atom stereocenters. The Hall–Kier alpha value is -5.72. The van der Waals surface area contributed by atoms with E-state index in [0.29, 0.717) is 0 Å². The van der Waals surface area contributed by atoms with Crippen molar-refractivity contribution < 1.29 is 0 Å². The molecule has 0 heterocycles. The molecule has 0 N–H and O–H groups in total. The number of benzene rings is 6. The fourth-order valence-corrected chi connectivity index (χ4v) is 5.56. The second-order valence-corrected chi connectivity index (χ2v) is 13.4. The van der Waals surface area contributed by atoms with Crippen LogP contribution in [0, 0.1) is 27.7 Å². The molecule has 0 fully saturated rings. The van der Waals surface area contributed by atoms with Gasteiger partial charge >= 0.3 is 0 Å². The van der Waals surface area contributed by atoms with Gasteiger partial charge in [0.05, 0.1) is 0 Å². The topological polar surface area (TPSA) is 0 Å². The maximum absolute atomic E-state index is 3.60. The molecule has 0 spiro atoms. The van der Waals surface area contributed by atoms with Gasteiger partial charge in [-0.05, 0) is 106 Å². The Morgan fingerprint density at radius 3 is 0.885 bits per heavy atom. The van der Waals surface area contributed by atoms with Crippen LogP contribution < -0.4 is 0 Å². The minimum absolute atomic E-state index is 0. The van der Waals surface area contributed by atoms with Crippen molar-refractivity contribution in [1.29, 1.82) is 0 Å². The van der Waals surface area contributed by atoms with E-state index in [4.69, 9.17) is 0 Å². The summed E-state index contributed by atoms with van der Waals surface area (Å²) in [5.41, 5.74) is 17.9. The Morgan fingerprint density at radius 1 is 0.361 bits per heavy atom. The summed E-state index contributed by atoms with van der Waals surface area (Å²) >= 11 is 0. The van der Waals surface area contributed by atoms with Gasteiger partial charge in [-0.25, -0.2) is 0 Å². The van der Waals surface area contributed by atoms with Gasteiger partial charge < -0.3 is 0 Å². The Labute approximate surface area is 381 Å². The Morgan fingerprint density at radius 2 is 0.623 bits per heavy atom. The molecule has 0 aromatic heterocycles. The van der Waals surface area contributed by atoms with Crippen molar-refractivity contribution in [1.82, 2.24) is 0 Å². The highest BCUT2D eigenvalue weighted by Crippen LogP contribution is 2.28. The summed E-state index contributed by atoms with van der Waals surface area (Å²) in [6.45, 7) is 23.6. The highest BCUT2D eigenvalue weighted by atomic mass is 14.1. The standard InChI is InChI=1S/2C20H18.C9H14.C3H6.9CH4/c1-15-5-3-7-19(13-15)17-9-11-18(12-10-17)20-8-4-6-16(2)14-20;1-15-6-10-17(11-7-15)19-4-3-5-20(14-19)18-12-8-16(2)9-13-18;1-5-6-9(4)7-8(2)3;1-3-2;;;;;;;;;/h2*3-14H,1-2H3;5-7H,1H2,2-4H3;3H,1H2,2H3;9*1H4/b;;9-6-;;;;;;;;;;. The smallest absolute Gasteiger partial charge is 0.0178 e. The maximum Gasteiger partial charge on any atom is -0.0178 e. The molecule has 6 aromatic carbocycles. The van der Waals surface area contributed by atoms with Crippen LogP contribution in [0.2, 0.25) is 0 Å². The van der Waals surface area contributed by atoms with Gasteiger partial charge in [0.25, 0.3) is 0 Å². The van der Waals surface area contributed by atoms with Crippen LogP contribution in [-0.2, 0) is 0 Å². The van der Waals surface area contributed by atoms with Crippen molar-refractivity contribution in [3.63, 3.8) is 0 Å². The first kappa shape index (κ1) is 69.9. The molecule has 0 saturated heterocycles. The van der Waals surface area contributed by atoms with Gasteiger partial charge in [0.1, 0.15) is 0 Å². The Balaban J connectivity index is -0.000000136. The lowest BCUT2D eigenvalue weighted by Gasteiger charge is -2.07. The molecule has 6 rings (SSSR count). The number of aryl methyl sites for hydroxylation is 4. The van der Waals surface area contributed by atoms with E-state index in [0.717, 1.165) is 0 Å². The Kier molecular flexibility index (Phi) is 42.7. The van der Waals surface area contributed by atoms with E-state index >= 15 is 0 Å². The summed E-state index contributed by atoms with van der Waals surface area (Å²) in [6.07, 6.45) is 7.67. The van der Waals surface area contributed by atoms with Crippen LogP contribution in [0.4, 0.5) is 0 Å². The molecule has 0 unspecified atom stereocenters. The molecule has 0 aliphatic heterocycles. The van der Waals surface area contributed by atoms with E-state index in [-0.39, 0.29) is 66.8 Å². The van der Waals surface area contributed by atoms with Gasteiger partial charge in [0, 0.05) is 0 Å². The van der Waals surface area contributed by atoms with Gasteiger partial charge in [0.15, 0.2) is 0 Å². The SMILES string of the molecule is C.C.C.C.C.C.C.C.C.C=C/C=C(/C)C=C(C)C.C=CC.Cc1ccc(-c2cccc(-c3ccc(C)cc3)c2)cc1.Cc1cccc(-c2ccc(-c3cccc(C)c3)cc2)c1. The van der Waals surface area contributed by atoms with Gasteiger partial charge in [-0.3, -0.25) is 0 Å². The predicted molar refractivity (Wildman–Crippen MR) is 293 cm³/mol. The van der Waals surface area contributed by atoms with E-state index in [9.17, 15) is 0 Å². The Bertz CT molecular complexity index is 1920. The van der Waals surface area contributed by atoms with E-state index in [1.54, 1.807) is 12.2 Å². The number of allylic oxidation sites excluding steroid dienone is 6. The quantitative estimate of drug-likeness (QED) is 0.116. The zero-order valence-electron chi connectivity index (χ0n) is 32.6. The highest BCUT2D eigenvalue weighted by molar-refractivity contribution is 5.73. The van der Waals surface area contributed by atoms with Crippen LogP contribution in [0.1, 0.15) is 117 Å². The molecule has 0 amide bonds. The van der Waals surface area contributed by atoms with Crippen molar-refractivity contribution in [3.8, 4) is 44.5 Å². The van der Waals surface area contributed by atoms with Crippen LogP contribution >= 0.6 is 0 Å². The predicted octanol–water partition coefficient (Wildman–Crippen LogP) is 21.3. The van der Waals surface area contributed by atoms with Crippen LogP contribution in [-0.4, -0.2) is 0 Å². The monoisotopic (exact) mass is 825 g/mol. The van der Waals surface area contributed by atoms with Crippen LogP contribution in [0.3, 0.4) is 0 Å². The third-order valence-electron chi connectivity index (χ3n) is 8.12. The molecule has 0 radical (unpaired) electrons. The van der Waals surface area contributed by atoms with Crippen molar-refractivity contribution >= 4 is 0 Å². The molecule has 0 bridgehead atoms. The second-order valence-electron chi connectivity index (χ2n) is 13.4. The van der Waals surface area contributed by atoms with Gasteiger partial charge in [0.2, 0.25) is 0 Å². The lowest BCUT2D eigenvalue weighted by atomic mass is 9.98. The first-order valence-electron chi connectivity index (χ1n) is 18.0. The molecule has 0 nitrogen and oxygen atoms in total. The molecule has 336 valence electrons. The first-order valence-corrected chi connectivity index (χ1v) is 18.0. The molecule has 0 aliphatic rings. The summed E-state index contributed by atoms with van der Waals surface area (Å²) in [5, 5.41) is 0. The fraction of sp³-hybridized carbons (Fsp3) is 0.279. The average molecular weight is 825 g/mol. The van der Waals surface area contributed by atoms with Crippen molar-refractivity contribution in [2.24, 2.45) is 0 Å². The lowest BCUT2D eigenvalue weighted by Crippen LogP contribution is -1.82.